The van der Waals surface area contributed by atoms with Crippen LogP contribution in [0.4, 0.5) is 14.5 Å². The molecule has 7 heterocycles. The minimum atomic E-state index is -2.39. The van der Waals surface area contributed by atoms with E-state index >= 15 is 0 Å². The zero-order chi connectivity index (χ0) is 43.3. The molecule has 4 aromatic rings. The number of allylic oxidation sites excluding steroid dienone is 1. The zero-order valence-electron chi connectivity index (χ0n) is 36.8. The highest BCUT2D eigenvalue weighted by molar-refractivity contribution is 6.03. The number of H-pyrrole nitrogens is 1. The summed E-state index contributed by atoms with van der Waals surface area (Å²) in [5.74, 6) is 2.15. The Balaban J connectivity index is 0.000000171. The van der Waals surface area contributed by atoms with Crippen molar-refractivity contribution in [3.8, 4) is 5.75 Å². The standard InChI is InChI=1S/C30H42N4O3.C19H20F2N4/c1-4-30(5-2)12-10-21(11-13-30)16-32-14-15-33-22(17-32)19-37-27-24-18-34(26-8-6-20(3)31-28(26)35)29(36)23(24)7-9-25(27)33;1-11-7-15-14-5-3-4-6-16(14)24-18(15)19(25(11)10-17(20)21)13-8-22-12(2)23-9-13/h7,9,21-22,26H,3-6,8,10-19H2,1-2H3,(H,31,35);3-6,8-9,11,17,19,24H,7,10H2,1-2H3/t;11-,19-/m.1/s1. The molecule has 2 saturated heterocycles. The Morgan fingerprint density at radius 2 is 1.74 bits per heavy atom. The van der Waals surface area contributed by atoms with Crippen molar-refractivity contribution in [1.29, 1.82) is 0 Å². The Kier molecular flexibility index (Phi) is 11.9. The third-order valence-corrected chi connectivity index (χ3v) is 15.2. The summed E-state index contributed by atoms with van der Waals surface area (Å²) in [6.07, 6.45) is 11.4. The number of piperazine rings is 1. The number of piperidine rings is 1. The first-order valence-electron chi connectivity index (χ1n) is 22.9. The normalized spacial score (nSPS) is 25.1. The molecule has 1 aliphatic carbocycles. The molecule has 0 spiro atoms. The summed E-state index contributed by atoms with van der Waals surface area (Å²) in [5.41, 5.74) is 8.13. The number of ether oxygens (including phenoxy) is 1. The minimum absolute atomic E-state index is 0.00649. The van der Waals surface area contributed by atoms with Gasteiger partial charge in [-0.2, -0.15) is 0 Å². The van der Waals surface area contributed by atoms with Crippen molar-refractivity contribution in [2.75, 3.05) is 44.2 Å². The van der Waals surface area contributed by atoms with Crippen molar-refractivity contribution in [3.05, 3.63) is 94.8 Å². The number of aromatic amines is 1. The first-order valence-corrected chi connectivity index (χ1v) is 22.9. The number of carbonyl (C=O) groups excluding carboxylic acids is 2. The molecule has 2 aromatic carbocycles. The van der Waals surface area contributed by atoms with Gasteiger partial charge in [0, 0.05) is 83.6 Å². The molecule has 11 nitrogen and oxygen atoms in total. The van der Waals surface area contributed by atoms with E-state index in [0.29, 0.717) is 48.8 Å². The zero-order valence-corrected chi connectivity index (χ0v) is 36.8. The highest BCUT2D eigenvalue weighted by Gasteiger charge is 2.43. The van der Waals surface area contributed by atoms with E-state index in [0.717, 1.165) is 71.4 Å². The minimum Gasteiger partial charge on any atom is -0.489 e. The first kappa shape index (κ1) is 42.4. The number of anilines is 1. The molecule has 2 unspecified atom stereocenters. The van der Waals surface area contributed by atoms with E-state index in [2.05, 4.69) is 62.6 Å². The van der Waals surface area contributed by atoms with Crippen LogP contribution < -0.4 is 15.0 Å². The van der Waals surface area contributed by atoms with Crippen molar-refractivity contribution < 1.29 is 23.1 Å². The number of benzene rings is 2. The van der Waals surface area contributed by atoms with Crippen molar-refractivity contribution >= 4 is 28.4 Å². The van der Waals surface area contributed by atoms with Gasteiger partial charge < -0.3 is 24.8 Å². The van der Waals surface area contributed by atoms with Crippen LogP contribution in [0.5, 0.6) is 5.75 Å². The largest absolute Gasteiger partial charge is 0.489 e. The highest BCUT2D eigenvalue weighted by Crippen LogP contribution is 2.46. The number of aryl methyl sites for hydroxylation is 1. The van der Waals surface area contributed by atoms with E-state index in [1.54, 1.807) is 17.3 Å². The average Bonchev–Trinajstić information content (AvgIpc) is 3.81. The second-order valence-electron chi connectivity index (χ2n) is 18.8. The van der Waals surface area contributed by atoms with Gasteiger partial charge in [-0.05, 0) is 93.9 Å². The van der Waals surface area contributed by atoms with Gasteiger partial charge in [0.25, 0.3) is 12.3 Å². The van der Waals surface area contributed by atoms with Crippen molar-refractivity contribution in [2.24, 2.45) is 11.3 Å². The van der Waals surface area contributed by atoms with E-state index in [-0.39, 0.29) is 30.4 Å². The molecule has 10 rings (SSSR count). The molecule has 2 amide bonds. The smallest absolute Gasteiger partial charge is 0.255 e. The van der Waals surface area contributed by atoms with Crippen molar-refractivity contribution in [3.63, 3.8) is 0 Å². The predicted octanol–water partition coefficient (Wildman–Crippen LogP) is 8.18. The number of aromatic nitrogens is 3. The number of halogens is 2. The van der Waals surface area contributed by atoms with Gasteiger partial charge in [-0.1, -0.05) is 51.5 Å². The van der Waals surface area contributed by atoms with Crippen LogP contribution in [0.1, 0.15) is 117 Å². The van der Waals surface area contributed by atoms with Gasteiger partial charge in [0.05, 0.1) is 30.9 Å². The van der Waals surface area contributed by atoms with Gasteiger partial charge in [-0.15, -0.1) is 0 Å². The lowest BCUT2D eigenvalue weighted by Gasteiger charge is -2.47. The monoisotopic (exact) mass is 848 g/mol. The molecule has 0 bridgehead atoms. The first-order chi connectivity index (χ1) is 30.0. The van der Waals surface area contributed by atoms with Crippen LogP contribution >= 0.6 is 0 Å². The van der Waals surface area contributed by atoms with Crippen LogP contribution in [0.25, 0.3) is 10.9 Å². The van der Waals surface area contributed by atoms with E-state index in [1.807, 2.05) is 43.0 Å². The molecule has 0 radical (unpaired) electrons. The number of alkyl halides is 2. The van der Waals surface area contributed by atoms with Crippen LogP contribution in [0.3, 0.4) is 0 Å². The van der Waals surface area contributed by atoms with E-state index in [4.69, 9.17) is 4.74 Å². The Hall–Kier alpha value is -4.88. The summed E-state index contributed by atoms with van der Waals surface area (Å²) in [5, 5.41) is 3.99. The number of nitrogens with zero attached hydrogens (tertiary/aromatic N) is 6. The number of hydrogen-bond donors (Lipinski definition) is 2. The van der Waals surface area contributed by atoms with Crippen LogP contribution in [-0.4, -0.2) is 105 Å². The third kappa shape index (κ3) is 7.99. The number of rotatable bonds is 8. The molecule has 330 valence electrons. The molecule has 2 N–H and O–H groups in total. The fourth-order valence-electron chi connectivity index (χ4n) is 11.4. The number of fused-ring (bicyclic) bond motifs is 8. The Morgan fingerprint density at radius 1 is 0.984 bits per heavy atom. The molecular weight excluding hydrogens is 787 g/mol. The number of carbonyl (C=O) groups is 2. The molecule has 2 aromatic heterocycles. The topological polar surface area (TPSA) is 110 Å². The van der Waals surface area contributed by atoms with Crippen molar-refractivity contribution in [2.45, 2.75) is 123 Å². The summed E-state index contributed by atoms with van der Waals surface area (Å²) in [4.78, 5) is 46.6. The van der Waals surface area contributed by atoms with E-state index in [1.165, 1.54) is 56.0 Å². The molecular formula is C49H62F2N8O3. The van der Waals surface area contributed by atoms with Crippen LogP contribution in [0.2, 0.25) is 0 Å². The molecule has 5 aliphatic heterocycles. The second-order valence-corrected chi connectivity index (χ2v) is 18.8. The van der Waals surface area contributed by atoms with Crippen LogP contribution in [-0.2, 0) is 17.8 Å². The number of hydrogen-bond acceptors (Lipinski definition) is 8. The third-order valence-electron chi connectivity index (χ3n) is 15.2. The van der Waals surface area contributed by atoms with Crippen LogP contribution in [0, 0.1) is 18.3 Å². The van der Waals surface area contributed by atoms with E-state index in [9.17, 15) is 18.4 Å². The summed E-state index contributed by atoms with van der Waals surface area (Å²) >= 11 is 0. The lowest BCUT2D eigenvalue weighted by Crippen LogP contribution is -2.58. The number of nitrogens with one attached hydrogen (secondary N) is 2. The highest BCUT2D eigenvalue weighted by atomic mass is 19.3. The quantitative estimate of drug-likeness (QED) is 0.183. The number of para-hydroxylation sites is 1. The molecule has 6 aliphatic rings. The van der Waals surface area contributed by atoms with Crippen molar-refractivity contribution in [1.82, 2.24) is 35.0 Å². The summed E-state index contributed by atoms with van der Waals surface area (Å²) < 4.78 is 32.9. The molecule has 1 saturated carbocycles. The lowest BCUT2D eigenvalue weighted by atomic mass is 9.67. The maximum atomic E-state index is 13.3. The Morgan fingerprint density at radius 3 is 2.47 bits per heavy atom. The fraction of sp³-hybridized carbons (Fsp3) is 0.551. The predicted molar refractivity (Wildman–Crippen MR) is 237 cm³/mol. The van der Waals surface area contributed by atoms with Gasteiger partial charge in [0.15, 0.2) is 0 Å². The lowest BCUT2D eigenvalue weighted by molar-refractivity contribution is -0.126. The maximum absolute atomic E-state index is 13.3. The Labute approximate surface area is 364 Å². The molecule has 62 heavy (non-hydrogen) atoms. The Bertz CT molecular complexity index is 2300. The summed E-state index contributed by atoms with van der Waals surface area (Å²) in [7, 11) is 0. The van der Waals surface area contributed by atoms with Gasteiger partial charge in [0.1, 0.15) is 24.2 Å². The van der Waals surface area contributed by atoms with Gasteiger partial charge in [-0.25, -0.2) is 18.7 Å². The van der Waals surface area contributed by atoms with E-state index < -0.39 is 12.5 Å². The molecule has 13 heteroatoms. The van der Waals surface area contributed by atoms with Gasteiger partial charge in [-0.3, -0.25) is 19.4 Å². The number of amides is 2. The SMILES string of the molecule is C=C1CCC(N2Cc3c(ccc4c3OCC3CN(CC5CCC(CC)(CC)CC5)CCN43)C2=O)C(=O)N1.Cc1ncc([C@@H]2c3[nH]c4ccccc4c3C[C@@H](C)N2CC(F)F)cn1. The van der Waals surface area contributed by atoms with Gasteiger partial charge in [0.2, 0.25) is 5.91 Å². The fourth-order valence-corrected chi connectivity index (χ4v) is 11.4. The summed E-state index contributed by atoms with van der Waals surface area (Å²) in [6, 6.07) is 11.7. The molecule has 3 fully saturated rings. The van der Waals surface area contributed by atoms with Gasteiger partial charge >= 0.3 is 0 Å². The molecule has 4 atom stereocenters. The second kappa shape index (κ2) is 17.4. The maximum Gasteiger partial charge on any atom is 0.255 e. The van der Waals surface area contributed by atoms with Crippen LogP contribution in [0.15, 0.2) is 61.1 Å². The summed E-state index contributed by atoms with van der Waals surface area (Å²) in [6.45, 7) is 17.6. The average molecular weight is 849 g/mol.